The third kappa shape index (κ3) is 4.79. The highest BCUT2D eigenvalue weighted by atomic mass is 16.2. The van der Waals surface area contributed by atoms with Gasteiger partial charge in [-0.05, 0) is 45.1 Å². The Morgan fingerprint density at radius 2 is 1.88 bits per heavy atom. The summed E-state index contributed by atoms with van der Waals surface area (Å²) in [4.78, 5) is 39.2. The Labute approximate surface area is 142 Å². The topological polar surface area (TPSA) is 81.8 Å². The summed E-state index contributed by atoms with van der Waals surface area (Å²) in [5, 5.41) is 5.62. The van der Waals surface area contributed by atoms with Gasteiger partial charge in [-0.25, -0.2) is 0 Å². The van der Waals surface area contributed by atoms with E-state index in [0.717, 1.165) is 6.42 Å². The molecule has 24 heavy (non-hydrogen) atoms. The predicted octanol–water partition coefficient (Wildman–Crippen LogP) is 1.14. The van der Waals surface area contributed by atoms with Crippen molar-refractivity contribution in [3.63, 3.8) is 0 Å². The number of carbonyl (C=O) groups excluding carboxylic acids is 3. The number of hydrogen-bond acceptors (Lipinski definition) is 4. The average Bonchev–Trinajstić information content (AvgIpc) is 2.96. The van der Waals surface area contributed by atoms with Crippen molar-refractivity contribution in [3.05, 3.63) is 24.3 Å². The molecule has 7 heteroatoms. The van der Waals surface area contributed by atoms with Crippen molar-refractivity contribution < 1.29 is 14.4 Å². The molecule has 1 aliphatic rings. The van der Waals surface area contributed by atoms with Gasteiger partial charge in [0.25, 0.3) is 0 Å². The summed E-state index contributed by atoms with van der Waals surface area (Å²) in [6, 6.07) is 6.57. The number of benzene rings is 1. The number of amides is 3. The summed E-state index contributed by atoms with van der Waals surface area (Å²) in [5.41, 5.74) is 1.22. The molecule has 0 bridgehead atoms. The van der Waals surface area contributed by atoms with Crippen LogP contribution in [0, 0.1) is 0 Å². The number of nitrogens with zero attached hydrogens (tertiary/aromatic N) is 2. The monoisotopic (exact) mass is 332 g/mol. The van der Waals surface area contributed by atoms with Crippen LogP contribution in [0.3, 0.4) is 0 Å². The van der Waals surface area contributed by atoms with Crippen molar-refractivity contribution in [2.75, 3.05) is 37.8 Å². The zero-order valence-electron chi connectivity index (χ0n) is 14.3. The van der Waals surface area contributed by atoms with Crippen LogP contribution >= 0.6 is 0 Å². The molecule has 1 aliphatic heterocycles. The normalized spacial score (nSPS) is 17.0. The van der Waals surface area contributed by atoms with Gasteiger partial charge in [-0.15, -0.1) is 0 Å². The van der Waals surface area contributed by atoms with Gasteiger partial charge < -0.3 is 20.4 Å². The van der Waals surface area contributed by atoms with Crippen molar-refractivity contribution in [2.24, 2.45) is 0 Å². The largest absolute Gasteiger partial charge is 0.331 e. The van der Waals surface area contributed by atoms with Gasteiger partial charge in [0.2, 0.25) is 17.7 Å². The van der Waals surface area contributed by atoms with E-state index >= 15 is 0 Å². The van der Waals surface area contributed by atoms with Crippen LogP contribution in [0.1, 0.15) is 19.8 Å². The van der Waals surface area contributed by atoms with Crippen LogP contribution in [0.25, 0.3) is 0 Å². The number of nitrogens with one attached hydrogen (secondary N) is 2. The lowest BCUT2D eigenvalue weighted by molar-refractivity contribution is -0.134. The van der Waals surface area contributed by atoms with E-state index in [1.807, 2.05) is 14.1 Å². The Kier molecular flexibility index (Phi) is 5.92. The van der Waals surface area contributed by atoms with Crippen molar-refractivity contribution in [3.8, 4) is 0 Å². The van der Waals surface area contributed by atoms with Gasteiger partial charge in [0, 0.05) is 24.8 Å². The number of likely N-dealkylation sites (N-methyl/N-ethyl adjacent to an activating group) is 1. The molecule has 2 rings (SSSR count). The van der Waals surface area contributed by atoms with Gasteiger partial charge in [-0.3, -0.25) is 14.4 Å². The molecule has 0 aliphatic carbocycles. The summed E-state index contributed by atoms with van der Waals surface area (Å²) >= 11 is 0. The molecule has 0 aromatic heterocycles. The van der Waals surface area contributed by atoms with E-state index in [1.165, 1.54) is 6.92 Å². The predicted molar refractivity (Wildman–Crippen MR) is 92.7 cm³/mol. The molecule has 1 fully saturated rings. The number of anilines is 2. The Hall–Kier alpha value is -2.41. The number of rotatable bonds is 5. The third-order valence-electron chi connectivity index (χ3n) is 3.83. The summed E-state index contributed by atoms with van der Waals surface area (Å²) < 4.78 is 0. The summed E-state index contributed by atoms with van der Waals surface area (Å²) in [7, 11) is 3.64. The van der Waals surface area contributed by atoms with Gasteiger partial charge in [-0.1, -0.05) is 6.07 Å². The van der Waals surface area contributed by atoms with E-state index in [9.17, 15) is 14.4 Å². The Morgan fingerprint density at radius 1 is 1.21 bits per heavy atom. The fraction of sp³-hybridized carbons (Fsp3) is 0.471. The Balaban J connectivity index is 2.00. The van der Waals surface area contributed by atoms with Crippen molar-refractivity contribution in [1.82, 2.24) is 9.80 Å². The van der Waals surface area contributed by atoms with Gasteiger partial charge >= 0.3 is 0 Å². The van der Waals surface area contributed by atoms with E-state index in [0.29, 0.717) is 24.3 Å². The first-order valence-electron chi connectivity index (χ1n) is 7.99. The van der Waals surface area contributed by atoms with Crippen LogP contribution in [-0.2, 0) is 14.4 Å². The zero-order valence-corrected chi connectivity index (χ0v) is 14.3. The second kappa shape index (κ2) is 7.92. The first-order valence-corrected chi connectivity index (χ1v) is 7.99. The third-order valence-corrected chi connectivity index (χ3v) is 3.83. The zero-order chi connectivity index (χ0) is 17.7. The van der Waals surface area contributed by atoms with E-state index in [2.05, 4.69) is 10.6 Å². The molecule has 1 saturated heterocycles. The Morgan fingerprint density at radius 3 is 2.50 bits per heavy atom. The Bertz CT molecular complexity index is 630. The highest BCUT2D eigenvalue weighted by molar-refractivity contribution is 5.98. The number of hydrogen-bond donors (Lipinski definition) is 2. The summed E-state index contributed by atoms with van der Waals surface area (Å²) in [5.74, 6) is -0.404. The quantitative estimate of drug-likeness (QED) is 0.847. The lowest BCUT2D eigenvalue weighted by atomic mass is 10.2. The fourth-order valence-electron chi connectivity index (χ4n) is 2.80. The van der Waals surface area contributed by atoms with Crippen molar-refractivity contribution in [2.45, 2.75) is 25.8 Å². The molecule has 7 nitrogen and oxygen atoms in total. The minimum absolute atomic E-state index is 0.0858. The van der Waals surface area contributed by atoms with Crippen LogP contribution < -0.4 is 10.6 Å². The lowest BCUT2D eigenvalue weighted by Gasteiger charge is -2.22. The second-order valence-electron chi connectivity index (χ2n) is 6.23. The molecule has 130 valence electrons. The van der Waals surface area contributed by atoms with Gasteiger partial charge in [0.05, 0.1) is 6.54 Å². The minimum Gasteiger partial charge on any atom is -0.331 e. The molecule has 1 atom stereocenters. The van der Waals surface area contributed by atoms with Crippen LogP contribution in [0.5, 0.6) is 0 Å². The van der Waals surface area contributed by atoms with Crippen molar-refractivity contribution in [1.29, 1.82) is 0 Å². The highest BCUT2D eigenvalue weighted by Crippen LogP contribution is 2.20. The van der Waals surface area contributed by atoms with E-state index in [1.54, 1.807) is 34.1 Å². The van der Waals surface area contributed by atoms with Crippen LogP contribution in [0.2, 0.25) is 0 Å². The number of carbonyl (C=O) groups is 3. The molecular formula is C17H24N4O3. The second-order valence-corrected chi connectivity index (χ2v) is 6.23. The van der Waals surface area contributed by atoms with E-state index in [-0.39, 0.29) is 24.3 Å². The molecule has 3 amide bonds. The average molecular weight is 332 g/mol. The molecular weight excluding hydrogens is 308 g/mol. The smallest absolute Gasteiger partial charge is 0.247 e. The van der Waals surface area contributed by atoms with Crippen LogP contribution in [0.4, 0.5) is 11.4 Å². The maximum Gasteiger partial charge on any atom is 0.247 e. The number of likely N-dealkylation sites (tertiary alicyclic amines) is 1. The molecule has 1 aromatic carbocycles. The molecule has 0 radical (unpaired) electrons. The van der Waals surface area contributed by atoms with Gasteiger partial charge in [-0.2, -0.15) is 0 Å². The van der Waals surface area contributed by atoms with E-state index < -0.39 is 6.04 Å². The van der Waals surface area contributed by atoms with Crippen LogP contribution in [0.15, 0.2) is 24.3 Å². The fourth-order valence-corrected chi connectivity index (χ4v) is 2.80. The SMILES string of the molecule is CC(=O)N1CCC[C@H]1C(=O)Nc1cccc(NC(=O)CN(C)C)c1. The van der Waals surface area contributed by atoms with E-state index in [4.69, 9.17) is 0 Å². The maximum absolute atomic E-state index is 12.4. The standard InChI is InChI=1S/C17H24N4O3/c1-12(22)21-9-5-8-15(21)17(24)19-14-7-4-6-13(10-14)18-16(23)11-20(2)3/h4,6-7,10,15H,5,8-9,11H2,1-3H3,(H,18,23)(H,19,24)/t15-/m0/s1. The van der Waals surface area contributed by atoms with Crippen LogP contribution in [-0.4, -0.2) is 60.7 Å². The minimum atomic E-state index is -0.422. The van der Waals surface area contributed by atoms with Gasteiger partial charge in [0.1, 0.15) is 6.04 Å². The molecule has 1 aromatic rings. The highest BCUT2D eigenvalue weighted by Gasteiger charge is 2.32. The van der Waals surface area contributed by atoms with Gasteiger partial charge in [0.15, 0.2) is 0 Å². The molecule has 1 heterocycles. The molecule has 0 saturated carbocycles. The lowest BCUT2D eigenvalue weighted by Crippen LogP contribution is -2.42. The first kappa shape index (κ1) is 17.9. The van der Waals surface area contributed by atoms with Crippen molar-refractivity contribution >= 4 is 29.1 Å². The molecule has 2 N–H and O–H groups in total. The summed E-state index contributed by atoms with van der Waals surface area (Å²) in [6.45, 7) is 2.38. The summed E-state index contributed by atoms with van der Waals surface area (Å²) in [6.07, 6.45) is 1.50. The first-order chi connectivity index (χ1) is 11.4. The molecule has 0 spiro atoms. The maximum atomic E-state index is 12.4. The molecule has 0 unspecified atom stereocenters.